The lowest BCUT2D eigenvalue weighted by Crippen LogP contribution is -2.27. The minimum absolute atomic E-state index is 0.0183. The van der Waals surface area contributed by atoms with E-state index in [9.17, 15) is 40.6 Å². The summed E-state index contributed by atoms with van der Waals surface area (Å²) in [4.78, 5) is 12.4. The molecule has 1 aliphatic rings. The van der Waals surface area contributed by atoms with Gasteiger partial charge < -0.3 is 14.7 Å². The Bertz CT molecular complexity index is 968. The van der Waals surface area contributed by atoms with Crippen molar-refractivity contribution in [2.75, 3.05) is 13.1 Å². The third-order valence-corrected chi connectivity index (χ3v) is 4.96. The summed E-state index contributed by atoms with van der Waals surface area (Å²) in [5, 5.41) is 9.24. The zero-order valence-corrected chi connectivity index (χ0v) is 16.1. The molecule has 1 saturated heterocycles. The Balaban J connectivity index is 1.84. The van der Waals surface area contributed by atoms with E-state index in [0.717, 1.165) is 17.2 Å². The molecule has 1 aliphatic heterocycles. The Morgan fingerprint density at radius 3 is 2.03 bits per heavy atom. The normalized spacial score (nSPS) is 19.5. The van der Waals surface area contributed by atoms with Crippen LogP contribution in [0.15, 0.2) is 48.7 Å². The molecule has 2 aromatic carbocycles. The van der Waals surface area contributed by atoms with E-state index in [1.54, 1.807) is 0 Å². The van der Waals surface area contributed by atoms with E-state index >= 15 is 0 Å². The van der Waals surface area contributed by atoms with Crippen molar-refractivity contribution in [3.05, 3.63) is 76.8 Å². The highest BCUT2D eigenvalue weighted by atomic mass is 19.4. The molecule has 1 amide bonds. The summed E-state index contributed by atoms with van der Waals surface area (Å²) in [6, 6.07) is 6.39. The van der Waals surface area contributed by atoms with Crippen LogP contribution < -0.4 is 0 Å². The van der Waals surface area contributed by atoms with Crippen molar-refractivity contribution in [3.8, 4) is 0 Å². The summed E-state index contributed by atoms with van der Waals surface area (Å²) >= 11 is 0. The molecule has 0 radical (unpaired) electrons. The van der Waals surface area contributed by atoms with Gasteiger partial charge in [0.25, 0.3) is 0 Å². The summed E-state index contributed by atoms with van der Waals surface area (Å²) < 4.78 is 96.6. The van der Waals surface area contributed by atoms with Crippen molar-refractivity contribution >= 4 is 12.2 Å². The maximum Gasteiger partial charge on any atom is 0.416 e. The number of amides is 1. The molecule has 1 fully saturated rings. The standard InChI is InChI=1S/C21H16F7NO3/c22-16-3-1-13(2-4-16)17-10-29(19(30)31)11-18(17)32-6-5-12-7-14(20(23,24)25)9-15(8-12)21(26,27)28/h1-9,17-18H,10-11H2,(H,30,31)/t17-,18+/m1/s1. The maximum atomic E-state index is 13.2. The second-order valence-electron chi connectivity index (χ2n) is 7.16. The first-order chi connectivity index (χ1) is 14.8. The molecule has 1 N–H and O–H groups in total. The first-order valence-corrected chi connectivity index (χ1v) is 9.19. The zero-order valence-electron chi connectivity index (χ0n) is 16.1. The van der Waals surface area contributed by atoms with Crippen molar-refractivity contribution in [3.63, 3.8) is 0 Å². The number of hydrogen-bond acceptors (Lipinski definition) is 2. The van der Waals surface area contributed by atoms with Gasteiger partial charge in [-0.3, -0.25) is 0 Å². The second kappa shape index (κ2) is 8.71. The fraction of sp³-hybridized carbons (Fsp3) is 0.286. The third-order valence-electron chi connectivity index (χ3n) is 4.96. The van der Waals surface area contributed by atoms with Crippen LogP contribution in [0.2, 0.25) is 0 Å². The van der Waals surface area contributed by atoms with Crippen molar-refractivity contribution in [2.45, 2.75) is 24.4 Å². The summed E-state index contributed by atoms with van der Waals surface area (Å²) in [6.07, 6.45) is -10.1. The fourth-order valence-electron chi connectivity index (χ4n) is 3.39. The van der Waals surface area contributed by atoms with E-state index < -0.39 is 53.0 Å². The highest BCUT2D eigenvalue weighted by Crippen LogP contribution is 2.37. The van der Waals surface area contributed by atoms with Crippen LogP contribution in [0, 0.1) is 5.82 Å². The average molecular weight is 463 g/mol. The highest BCUT2D eigenvalue weighted by Gasteiger charge is 2.38. The van der Waals surface area contributed by atoms with E-state index in [4.69, 9.17) is 4.74 Å². The van der Waals surface area contributed by atoms with Crippen LogP contribution in [0.5, 0.6) is 0 Å². The number of alkyl halides is 6. The zero-order chi connectivity index (χ0) is 23.7. The average Bonchev–Trinajstić information content (AvgIpc) is 3.11. The van der Waals surface area contributed by atoms with Gasteiger partial charge in [-0.1, -0.05) is 12.1 Å². The SMILES string of the molecule is O=C(O)N1C[C@H](OC=Cc2cc(C(F)(F)F)cc(C(F)(F)F)c2)[C@@H](c2ccc(F)cc2)C1. The van der Waals surface area contributed by atoms with Gasteiger partial charge in [-0.2, -0.15) is 26.3 Å². The number of carbonyl (C=O) groups is 1. The molecular formula is C21H16F7NO3. The topological polar surface area (TPSA) is 49.8 Å². The molecule has 0 unspecified atom stereocenters. The Kier molecular flexibility index (Phi) is 6.38. The quantitative estimate of drug-likeness (QED) is 0.447. The fourth-order valence-corrected chi connectivity index (χ4v) is 3.39. The summed E-state index contributed by atoms with van der Waals surface area (Å²) in [6.45, 7) is -0.0562. The molecule has 2 aromatic rings. The van der Waals surface area contributed by atoms with Gasteiger partial charge in [0, 0.05) is 12.5 Å². The van der Waals surface area contributed by atoms with Gasteiger partial charge in [0.15, 0.2) is 0 Å². The smallest absolute Gasteiger partial charge is 0.416 e. The highest BCUT2D eigenvalue weighted by molar-refractivity contribution is 5.65. The summed E-state index contributed by atoms with van der Waals surface area (Å²) in [5.41, 5.74) is -2.74. The molecule has 0 bridgehead atoms. The van der Waals surface area contributed by atoms with Gasteiger partial charge >= 0.3 is 18.4 Å². The van der Waals surface area contributed by atoms with Gasteiger partial charge in [-0.15, -0.1) is 0 Å². The van der Waals surface area contributed by atoms with Gasteiger partial charge in [0.05, 0.1) is 23.9 Å². The minimum atomic E-state index is -4.98. The van der Waals surface area contributed by atoms with Gasteiger partial charge in [-0.25, -0.2) is 9.18 Å². The van der Waals surface area contributed by atoms with Crippen molar-refractivity contribution in [1.82, 2.24) is 4.90 Å². The minimum Gasteiger partial charge on any atom is -0.495 e. The Morgan fingerprint density at radius 2 is 1.53 bits per heavy atom. The predicted octanol–water partition coefficient (Wildman–Crippen LogP) is 6.00. The number of rotatable bonds is 4. The van der Waals surface area contributed by atoms with Crippen LogP contribution in [0.1, 0.15) is 28.2 Å². The van der Waals surface area contributed by atoms with E-state index in [0.29, 0.717) is 17.7 Å². The lowest BCUT2D eigenvalue weighted by molar-refractivity contribution is -0.143. The van der Waals surface area contributed by atoms with Gasteiger partial charge in [-0.05, 0) is 47.5 Å². The molecular weight excluding hydrogens is 447 g/mol. The predicted molar refractivity (Wildman–Crippen MR) is 99.1 cm³/mol. The molecule has 0 spiro atoms. The van der Waals surface area contributed by atoms with Crippen molar-refractivity contribution in [2.24, 2.45) is 0 Å². The molecule has 3 rings (SSSR count). The summed E-state index contributed by atoms with van der Waals surface area (Å²) in [5.74, 6) is -1.01. The maximum absolute atomic E-state index is 13.2. The van der Waals surface area contributed by atoms with Crippen LogP contribution in [-0.4, -0.2) is 35.3 Å². The van der Waals surface area contributed by atoms with Crippen LogP contribution in [0.4, 0.5) is 35.5 Å². The van der Waals surface area contributed by atoms with E-state index in [2.05, 4.69) is 0 Å². The number of nitrogens with zero attached hydrogens (tertiary/aromatic N) is 1. The lowest BCUT2D eigenvalue weighted by atomic mass is 9.96. The number of carboxylic acid groups (broad SMARTS) is 1. The molecule has 4 nitrogen and oxygen atoms in total. The molecule has 2 atom stereocenters. The second-order valence-corrected chi connectivity index (χ2v) is 7.16. The van der Waals surface area contributed by atoms with E-state index in [-0.39, 0.29) is 19.2 Å². The molecule has 1 heterocycles. The monoisotopic (exact) mass is 463 g/mol. The number of halogens is 7. The molecule has 0 saturated carbocycles. The van der Waals surface area contributed by atoms with Crippen LogP contribution in [0.3, 0.4) is 0 Å². The van der Waals surface area contributed by atoms with Crippen LogP contribution >= 0.6 is 0 Å². The number of hydrogen-bond donors (Lipinski definition) is 1. The van der Waals surface area contributed by atoms with Crippen molar-refractivity contribution < 1.29 is 45.4 Å². The first-order valence-electron chi connectivity index (χ1n) is 9.19. The number of benzene rings is 2. The molecule has 172 valence electrons. The van der Waals surface area contributed by atoms with Gasteiger partial charge in [0.2, 0.25) is 0 Å². The Hall–Kier alpha value is -3.24. The van der Waals surface area contributed by atoms with Gasteiger partial charge in [0.1, 0.15) is 11.9 Å². The molecule has 11 heteroatoms. The molecule has 0 aliphatic carbocycles. The summed E-state index contributed by atoms with van der Waals surface area (Å²) in [7, 11) is 0. The molecule has 0 aromatic heterocycles. The largest absolute Gasteiger partial charge is 0.495 e. The van der Waals surface area contributed by atoms with Crippen LogP contribution in [0.25, 0.3) is 6.08 Å². The van der Waals surface area contributed by atoms with Crippen LogP contribution in [-0.2, 0) is 17.1 Å². The Labute approximate surface area is 177 Å². The Morgan fingerprint density at radius 1 is 0.969 bits per heavy atom. The van der Waals surface area contributed by atoms with E-state index in [1.807, 2.05) is 0 Å². The molecule has 32 heavy (non-hydrogen) atoms. The number of ether oxygens (including phenoxy) is 1. The van der Waals surface area contributed by atoms with E-state index in [1.165, 1.54) is 24.3 Å². The number of likely N-dealkylation sites (tertiary alicyclic amines) is 1. The third kappa shape index (κ3) is 5.51. The first kappa shape index (κ1) is 23.4. The van der Waals surface area contributed by atoms with Crippen molar-refractivity contribution in [1.29, 1.82) is 0 Å². The lowest BCUT2D eigenvalue weighted by Gasteiger charge is -2.18.